The highest BCUT2D eigenvalue weighted by atomic mass is 35.5. The van der Waals surface area contributed by atoms with Crippen LogP contribution >= 0.6 is 11.6 Å². The number of nitrogens with one attached hydrogen (secondary N) is 2. The lowest BCUT2D eigenvalue weighted by atomic mass is 10.2. The number of benzene rings is 1. The molecule has 4 N–H and O–H groups in total. The third-order valence-corrected chi connectivity index (χ3v) is 4.36. The molecule has 1 aromatic heterocycles. The van der Waals surface area contributed by atoms with Gasteiger partial charge >= 0.3 is 6.03 Å². The van der Waals surface area contributed by atoms with Crippen LogP contribution in [0.5, 0.6) is 0 Å². The molecule has 27 heavy (non-hydrogen) atoms. The molecule has 1 atom stereocenters. The predicted molar refractivity (Wildman–Crippen MR) is 105 cm³/mol. The van der Waals surface area contributed by atoms with Crippen molar-refractivity contribution < 1.29 is 9.63 Å². The van der Waals surface area contributed by atoms with Crippen molar-refractivity contribution in [1.29, 1.82) is 0 Å². The van der Waals surface area contributed by atoms with Gasteiger partial charge in [0.15, 0.2) is 0 Å². The summed E-state index contributed by atoms with van der Waals surface area (Å²) >= 11 is 5.85. The summed E-state index contributed by atoms with van der Waals surface area (Å²) < 4.78 is 0. The van der Waals surface area contributed by atoms with Crippen LogP contribution in [0.3, 0.4) is 0 Å². The second kappa shape index (κ2) is 8.54. The van der Waals surface area contributed by atoms with Gasteiger partial charge in [0, 0.05) is 29.8 Å². The van der Waals surface area contributed by atoms with Gasteiger partial charge in [0.1, 0.15) is 25.1 Å². The highest BCUT2D eigenvalue weighted by Crippen LogP contribution is 2.24. The first-order chi connectivity index (χ1) is 13.1. The first kappa shape index (κ1) is 18.7. The molecule has 2 heterocycles. The minimum Gasteiger partial charge on any atom is -0.399 e. The number of hydrogen-bond acceptors (Lipinski definition) is 7. The lowest BCUT2D eigenvalue weighted by Gasteiger charge is -2.20. The Balaban J connectivity index is 1.62. The molecule has 0 radical (unpaired) electrons. The number of carbonyl (C=O) groups is 1. The Morgan fingerprint density at radius 3 is 2.93 bits per heavy atom. The third kappa shape index (κ3) is 4.76. The van der Waals surface area contributed by atoms with E-state index in [0.717, 1.165) is 13.0 Å². The van der Waals surface area contributed by atoms with Crippen LogP contribution in [-0.2, 0) is 4.84 Å². The lowest BCUT2D eigenvalue weighted by Crippen LogP contribution is -2.40. The summed E-state index contributed by atoms with van der Waals surface area (Å²) in [6.45, 7) is 1.31. The van der Waals surface area contributed by atoms with Crippen molar-refractivity contribution in [1.82, 2.24) is 15.3 Å². The van der Waals surface area contributed by atoms with Crippen molar-refractivity contribution in [2.45, 2.75) is 12.5 Å². The summed E-state index contributed by atoms with van der Waals surface area (Å²) in [6.07, 6.45) is 3.67. The minimum atomic E-state index is -0.271. The average Bonchev–Trinajstić information content (AvgIpc) is 3.10. The molecular formula is C17H20ClN7O2. The van der Waals surface area contributed by atoms with Gasteiger partial charge in [-0.2, -0.15) is 0 Å². The largest absolute Gasteiger partial charge is 0.399 e. The summed E-state index contributed by atoms with van der Waals surface area (Å²) in [6, 6.07) is 6.63. The monoisotopic (exact) mass is 389 g/mol. The van der Waals surface area contributed by atoms with E-state index in [2.05, 4.69) is 25.8 Å². The van der Waals surface area contributed by atoms with Crippen LogP contribution in [0, 0.1) is 0 Å². The van der Waals surface area contributed by atoms with E-state index in [1.54, 1.807) is 24.3 Å². The fourth-order valence-corrected chi connectivity index (χ4v) is 2.96. The molecule has 0 aliphatic carbocycles. The molecule has 1 aromatic carbocycles. The number of nitrogen functional groups attached to an aromatic ring is 1. The van der Waals surface area contributed by atoms with Crippen LogP contribution in [0.4, 0.5) is 22.1 Å². The molecule has 3 rings (SSSR count). The fourth-order valence-electron chi connectivity index (χ4n) is 2.84. The Morgan fingerprint density at radius 1 is 1.41 bits per heavy atom. The standard InChI is InChI=1S/C17H20ClN7O2/c1-27-22-8-14-15(19)20-10-21-16(14)25-7-6-13(9-25)24-17(26)23-12-4-2-11(18)3-5-12/h2-5,8,10,13H,6-7,9H2,1H3,(H2,19,20,21)(H2,23,24,26)/b22-8+. The number of anilines is 3. The van der Waals surface area contributed by atoms with Gasteiger partial charge < -0.3 is 26.1 Å². The van der Waals surface area contributed by atoms with Crippen molar-refractivity contribution in [3.63, 3.8) is 0 Å². The molecule has 1 aliphatic heterocycles. The van der Waals surface area contributed by atoms with Crippen LogP contribution < -0.4 is 21.3 Å². The van der Waals surface area contributed by atoms with E-state index in [9.17, 15) is 4.79 Å². The smallest absolute Gasteiger partial charge is 0.319 e. The maximum Gasteiger partial charge on any atom is 0.319 e. The second-order valence-electron chi connectivity index (χ2n) is 5.95. The van der Waals surface area contributed by atoms with Gasteiger partial charge in [0.25, 0.3) is 0 Å². The molecule has 0 bridgehead atoms. The van der Waals surface area contributed by atoms with Gasteiger partial charge in [0.05, 0.1) is 11.8 Å². The average molecular weight is 390 g/mol. The summed E-state index contributed by atoms with van der Waals surface area (Å²) in [5, 5.41) is 10.1. The van der Waals surface area contributed by atoms with Gasteiger partial charge in [0.2, 0.25) is 0 Å². The second-order valence-corrected chi connectivity index (χ2v) is 6.39. The highest BCUT2D eigenvalue weighted by molar-refractivity contribution is 6.30. The number of nitrogens with two attached hydrogens (primary N) is 1. The maximum atomic E-state index is 12.2. The third-order valence-electron chi connectivity index (χ3n) is 4.11. The van der Waals surface area contributed by atoms with E-state index < -0.39 is 0 Å². The summed E-state index contributed by atoms with van der Waals surface area (Å²) in [4.78, 5) is 27.3. The number of urea groups is 1. The quantitative estimate of drug-likeness (QED) is 0.532. The molecule has 1 fully saturated rings. The van der Waals surface area contributed by atoms with Crippen LogP contribution in [0.15, 0.2) is 35.7 Å². The van der Waals surface area contributed by atoms with Crippen LogP contribution in [0.2, 0.25) is 5.02 Å². The summed E-state index contributed by atoms with van der Waals surface area (Å²) in [7, 11) is 1.45. The first-order valence-electron chi connectivity index (χ1n) is 8.32. The molecule has 2 aromatic rings. The van der Waals surface area contributed by atoms with Crippen LogP contribution in [0.25, 0.3) is 0 Å². The Kier molecular flexibility index (Phi) is 5.92. The molecule has 142 valence electrons. The van der Waals surface area contributed by atoms with Gasteiger partial charge in [-0.05, 0) is 30.7 Å². The minimum absolute atomic E-state index is 0.0271. The Hall–Kier alpha value is -3.07. The van der Waals surface area contributed by atoms with E-state index in [1.165, 1.54) is 19.7 Å². The molecule has 1 aliphatic rings. The molecule has 10 heteroatoms. The number of oxime groups is 1. The molecule has 2 amide bonds. The van der Waals surface area contributed by atoms with E-state index >= 15 is 0 Å². The van der Waals surface area contributed by atoms with Gasteiger partial charge in [-0.3, -0.25) is 0 Å². The summed E-state index contributed by atoms with van der Waals surface area (Å²) in [5.74, 6) is 0.975. The van der Waals surface area contributed by atoms with E-state index in [1.807, 2.05) is 4.90 Å². The lowest BCUT2D eigenvalue weighted by molar-refractivity contribution is 0.215. The summed E-state index contributed by atoms with van der Waals surface area (Å²) in [5.41, 5.74) is 7.19. The number of aromatic nitrogens is 2. The van der Waals surface area contributed by atoms with E-state index in [4.69, 9.17) is 22.2 Å². The molecule has 9 nitrogen and oxygen atoms in total. The van der Waals surface area contributed by atoms with Crippen molar-refractivity contribution in [2.75, 3.05) is 36.1 Å². The number of rotatable bonds is 5. The zero-order valence-electron chi connectivity index (χ0n) is 14.7. The van der Waals surface area contributed by atoms with E-state index in [-0.39, 0.29) is 12.1 Å². The zero-order chi connectivity index (χ0) is 19.2. The van der Waals surface area contributed by atoms with E-state index in [0.29, 0.717) is 34.5 Å². The number of halogens is 1. The Morgan fingerprint density at radius 2 is 2.19 bits per heavy atom. The number of nitrogens with zero attached hydrogens (tertiary/aromatic N) is 4. The molecule has 0 spiro atoms. The Bertz CT molecular complexity index is 829. The topological polar surface area (TPSA) is 118 Å². The van der Waals surface area contributed by atoms with Gasteiger partial charge in [-0.15, -0.1) is 0 Å². The SMILES string of the molecule is CO/N=C/c1c(N)ncnc1N1CCC(NC(=O)Nc2ccc(Cl)cc2)C1. The highest BCUT2D eigenvalue weighted by Gasteiger charge is 2.27. The zero-order valence-corrected chi connectivity index (χ0v) is 15.5. The Labute approximate surface area is 161 Å². The predicted octanol–water partition coefficient (Wildman–Crippen LogP) is 2.09. The maximum absolute atomic E-state index is 12.2. The van der Waals surface area contributed by atoms with Gasteiger partial charge in [-0.1, -0.05) is 16.8 Å². The van der Waals surface area contributed by atoms with Crippen molar-refractivity contribution in [2.24, 2.45) is 5.16 Å². The molecular weight excluding hydrogens is 370 g/mol. The van der Waals surface area contributed by atoms with Crippen molar-refractivity contribution in [3.05, 3.63) is 41.2 Å². The fraction of sp³-hybridized carbons (Fsp3) is 0.294. The number of hydrogen-bond donors (Lipinski definition) is 3. The van der Waals surface area contributed by atoms with Crippen molar-refractivity contribution in [3.8, 4) is 0 Å². The van der Waals surface area contributed by atoms with Crippen LogP contribution in [0.1, 0.15) is 12.0 Å². The molecule has 0 saturated carbocycles. The number of carbonyl (C=O) groups excluding carboxylic acids is 1. The first-order valence-corrected chi connectivity index (χ1v) is 8.69. The normalized spacial score (nSPS) is 16.5. The molecule has 1 unspecified atom stereocenters. The van der Waals surface area contributed by atoms with Gasteiger partial charge in [-0.25, -0.2) is 14.8 Å². The van der Waals surface area contributed by atoms with Crippen molar-refractivity contribution >= 4 is 41.2 Å². The molecule has 1 saturated heterocycles. The van der Waals surface area contributed by atoms with Crippen LogP contribution in [-0.4, -0.2) is 48.5 Å². The number of amides is 2.